The Balaban J connectivity index is 2.11. The first-order valence-corrected chi connectivity index (χ1v) is 8.98. The molecule has 1 N–H and O–H groups in total. The quantitative estimate of drug-likeness (QED) is 0.871. The SMILES string of the molecule is CC(C)(C)c1ccc(C(O)COc2cnn(C(C)(C)C)c(=O)c2Cl)cc1. The molecule has 0 fully saturated rings. The highest BCUT2D eigenvalue weighted by molar-refractivity contribution is 6.31. The Labute approximate surface area is 159 Å². The Hall–Kier alpha value is -1.85. The molecule has 2 rings (SSSR count). The lowest BCUT2D eigenvalue weighted by Gasteiger charge is -2.22. The molecule has 0 aliphatic heterocycles. The molecule has 0 saturated carbocycles. The first kappa shape index (κ1) is 20.5. The number of benzene rings is 1. The van der Waals surface area contributed by atoms with E-state index in [0.29, 0.717) is 0 Å². The minimum absolute atomic E-state index is 0.0186. The zero-order chi connectivity index (χ0) is 19.7. The topological polar surface area (TPSA) is 64.3 Å². The molecule has 0 aliphatic rings. The molecule has 1 unspecified atom stereocenters. The number of rotatable bonds is 4. The van der Waals surface area contributed by atoms with Gasteiger partial charge in [0.25, 0.3) is 5.56 Å². The Morgan fingerprint density at radius 3 is 2.23 bits per heavy atom. The summed E-state index contributed by atoms with van der Waals surface area (Å²) in [5.74, 6) is 0.169. The molecule has 1 aromatic carbocycles. The van der Waals surface area contributed by atoms with E-state index in [0.717, 1.165) is 5.56 Å². The van der Waals surface area contributed by atoms with E-state index in [2.05, 4.69) is 25.9 Å². The van der Waals surface area contributed by atoms with Gasteiger partial charge in [-0.3, -0.25) is 4.79 Å². The normalized spacial score (nSPS) is 13.5. The third-order valence-corrected chi connectivity index (χ3v) is 4.43. The Kier molecular flexibility index (Phi) is 5.83. The number of halogens is 1. The molecule has 142 valence electrons. The van der Waals surface area contributed by atoms with Gasteiger partial charge in [0.15, 0.2) is 10.8 Å². The molecule has 5 nitrogen and oxygen atoms in total. The Bertz CT molecular complexity index is 815. The molecule has 26 heavy (non-hydrogen) atoms. The second-order valence-electron chi connectivity index (χ2n) is 8.41. The van der Waals surface area contributed by atoms with E-state index < -0.39 is 17.2 Å². The van der Waals surface area contributed by atoms with Crippen molar-refractivity contribution in [3.8, 4) is 5.75 Å². The van der Waals surface area contributed by atoms with Crippen molar-refractivity contribution < 1.29 is 9.84 Å². The van der Waals surface area contributed by atoms with Gasteiger partial charge in [0.05, 0.1) is 11.7 Å². The van der Waals surface area contributed by atoms with Gasteiger partial charge in [-0.25, -0.2) is 4.68 Å². The summed E-state index contributed by atoms with van der Waals surface area (Å²) in [4.78, 5) is 12.3. The zero-order valence-corrected chi connectivity index (χ0v) is 17.0. The van der Waals surface area contributed by atoms with Crippen LogP contribution >= 0.6 is 11.6 Å². The first-order valence-electron chi connectivity index (χ1n) is 8.61. The predicted molar refractivity (Wildman–Crippen MR) is 104 cm³/mol. The third-order valence-electron chi connectivity index (χ3n) is 4.08. The minimum Gasteiger partial charge on any atom is -0.487 e. The van der Waals surface area contributed by atoms with Gasteiger partial charge in [-0.2, -0.15) is 5.10 Å². The van der Waals surface area contributed by atoms with E-state index in [1.807, 2.05) is 45.0 Å². The minimum atomic E-state index is -0.829. The van der Waals surface area contributed by atoms with Crippen LogP contribution in [0.2, 0.25) is 5.02 Å². The molecule has 1 heterocycles. The van der Waals surface area contributed by atoms with E-state index in [4.69, 9.17) is 16.3 Å². The third kappa shape index (κ3) is 4.65. The summed E-state index contributed by atoms with van der Waals surface area (Å²) in [6.45, 7) is 12.0. The fourth-order valence-electron chi connectivity index (χ4n) is 2.47. The lowest BCUT2D eigenvalue weighted by atomic mass is 9.86. The van der Waals surface area contributed by atoms with Crippen molar-refractivity contribution in [2.45, 2.75) is 58.6 Å². The molecule has 0 radical (unpaired) electrons. The number of hydrogen-bond donors (Lipinski definition) is 1. The lowest BCUT2D eigenvalue weighted by Crippen LogP contribution is -2.36. The summed E-state index contributed by atoms with van der Waals surface area (Å²) >= 11 is 6.12. The van der Waals surface area contributed by atoms with Gasteiger partial charge in [-0.15, -0.1) is 0 Å². The second kappa shape index (κ2) is 7.41. The van der Waals surface area contributed by atoms with E-state index >= 15 is 0 Å². The largest absolute Gasteiger partial charge is 0.487 e. The molecular formula is C20H27ClN2O3. The standard InChI is InChI=1S/C20H27ClN2O3/c1-19(2,3)14-9-7-13(8-10-14)15(24)12-26-16-11-22-23(20(4,5)6)18(25)17(16)21/h7-11,15,24H,12H2,1-6H3. The van der Waals surface area contributed by atoms with Crippen LogP contribution in [0.4, 0.5) is 0 Å². The second-order valence-corrected chi connectivity index (χ2v) is 8.79. The fourth-order valence-corrected chi connectivity index (χ4v) is 2.65. The average molecular weight is 379 g/mol. The van der Waals surface area contributed by atoms with Gasteiger partial charge >= 0.3 is 0 Å². The fraction of sp³-hybridized carbons (Fsp3) is 0.500. The maximum Gasteiger partial charge on any atom is 0.289 e. The van der Waals surface area contributed by atoms with Gasteiger partial charge < -0.3 is 9.84 Å². The van der Waals surface area contributed by atoms with Crippen LogP contribution in [-0.4, -0.2) is 21.5 Å². The van der Waals surface area contributed by atoms with Crippen molar-refractivity contribution in [3.63, 3.8) is 0 Å². The Morgan fingerprint density at radius 1 is 1.15 bits per heavy atom. The molecule has 0 bridgehead atoms. The molecule has 0 saturated heterocycles. The molecule has 1 aromatic heterocycles. The van der Waals surface area contributed by atoms with E-state index in [9.17, 15) is 9.90 Å². The molecule has 2 aromatic rings. The van der Waals surface area contributed by atoms with Crippen molar-refractivity contribution in [3.05, 3.63) is 57.0 Å². The number of aromatic nitrogens is 2. The molecule has 0 spiro atoms. The molecule has 1 atom stereocenters. The van der Waals surface area contributed by atoms with Crippen molar-refractivity contribution in [1.82, 2.24) is 9.78 Å². The van der Waals surface area contributed by atoms with Crippen molar-refractivity contribution >= 4 is 11.6 Å². The Morgan fingerprint density at radius 2 is 1.73 bits per heavy atom. The van der Waals surface area contributed by atoms with Crippen LogP contribution in [0.15, 0.2) is 35.3 Å². The zero-order valence-electron chi connectivity index (χ0n) is 16.2. The van der Waals surface area contributed by atoms with Gasteiger partial charge in [0, 0.05) is 0 Å². The highest BCUT2D eigenvalue weighted by Gasteiger charge is 2.21. The van der Waals surface area contributed by atoms with E-state index in [-0.39, 0.29) is 22.8 Å². The maximum atomic E-state index is 12.3. The van der Waals surface area contributed by atoms with Gasteiger partial charge in [-0.1, -0.05) is 56.6 Å². The summed E-state index contributed by atoms with van der Waals surface area (Å²) in [6.07, 6.45) is 0.579. The van der Waals surface area contributed by atoms with Crippen LogP contribution < -0.4 is 10.3 Å². The predicted octanol–water partition coefficient (Wildman–Crippen LogP) is 4.06. The monoisotopic (exact) mass is 378 g/mol. The van der Waals surface area contributed by atoms with Crippen molar-refractivity contribution in [2.24, 2.45) is 0 Å². The summed E-state index contributed by atoms with van der Waals surface area (Å²) in [5.41, 5.74) is 1.09. The highest BCUT2D eigenvalue weighted by atomic mass is 35.5. The maximum absolute atomic E-state index is 12.3. The summed E-state index contributed by atoms with van der Waals surface area (Å²) in [5, 5.41) is 14.4. The summed E-state index contributed by atoms with van der Waals surface area (Å²) < 4.78 is 6.85. The molecule has 6 heteroatoms. The average Bonchev–Trinajstić information content (AvgIpc) is 2.54. The van der Waals surface area contributed by atoms with E-state index in [1.165, 1.54) is 16.4 Å². The smallest absolute Gasteiger partial charge is 0.289 e. The van der Waals surface area contributed by atoms with Crippen LogP contribution in [0.1, 0.15) is 58.8 Å². The molecule has 0 aliphatic carbocycles. The number of aliphatic hydroxyl groups is 1. The van der Waals surface area contributed by atoms with Crippen LogP contribution in [0.5, 0.6) is 5.75 Å². The van der Waals surface area contributed by atoms with Gasteiger partial charge in [0.1, 0.15) is 12.7 Å². The summed E-state index contributed by atoms with van der Waals surface area (Å²) in [7, 11) is 0. The highest BCUT2D eigenvalue weighted by Crippen LogP contribution is 2.25. The van der Waals surface area contributed by atoms with E-state index in [1.54, 1.807) is 0 Å². The van der Waals surface area contributed by atoms with Crippen LogP contribution in [0, 0.1) is 0 Å². The lowest BCUT2D eigenvalue weighted by molar-refractivity contribution is 0.107. The number of hydrogen-bond acceptors (Lipinski definition) is 4. The molecule has 0 amide bonds. The van der Waals surface area contributed by atoms with Crippen LogP contribution in [-0.2, 0) is 11.0 Å². The first-order chi connectivity index (χ1) is 11.9. The van der Waals surface area contributed by atoms with Crippen molar-refractivity contribution in [2.75, 3.05) is 6.61 Å². The van der Waals surface area contributed by atoms with Crippen LogP contribution in [0.3, 0.4) is 0 Å². The number of nitrogens with zero attached hydrogens (tertiary/aromatic N) is 2. The van der Waals surface area contributed by atoms with Crippen LogP contribution in [0.25, 0.3) is 0 Å². The summed E-state index contributed by atoms with van der Waals surface area (Å²) in [6, 6.07) is 7.76. The van der Waals surface area contributed by atoms with Gasteiger partial charge in [-0.05, 0) is 37.3 Å². The van der Waals surface area contributed by atoms with Crippen molar-refractivity contribution in [1.29, 1.82) is 0 Å². The van der Waals surface area contributed by atoms with Gasteiger partial charge in [0.2, 0.25) is 0 Å². The molecular weight excluding hydrogens is 352 g/mol. The number of ether oxygens (including phenoxy) is 1. The number of aliphatic hydroxyl groups excluding tert-OH is 1.